The lowest BCUT2D eigenvalue weighted by Crippen LogP contribution is -2.42. The maximum absolute atomic E-state index is 12.8. The molecule has 0 radical (unpaired) electrons. The summed E-state index contributed by atoms with van der Waals surface area (Å²) in [6.45, 7) is 0.719. The third-order valence-electron chi connectivity index (χ3n) is 4.37. The number of nitrogens with zero attached hydrogens (tertiary/aromatic N) is 1. The molecule has 0 spiro atoms. The number of para-hydroxylation sites is 1. The van der Waals surface area contributed by atoms with Gasteiger partial charge >= 0.3 is 0 Å². The lowest BCUT2D eigenvalue weighted by atomic mass is 9.92. The summed E-state index contributed by atoms with van der Waals surface area (Å²) in [7, 11) is 0. The van der Waals surface area contributed by atoms with Crippen molar-refractivity contribution in [2.75, 3.05) is 4.90 Å². The lowest BCUT2D eigenvalue weighted by molar-refractivity contribution is 0.0970. The molecule has 0 unspecified atom stereocenters. The summed E-state index contributed by atoms with van der Waals surface area (Å²) < 4.78 is 0. The van der Waals surface area contributed by atoms with Crippen molar-refractivity contribution in [3.63, 3.8) is 0 Å². The fraction of sp³-hybridized carbons (Fsp3) is 0.150. The quantitative estimate of drug-likeness (QED) is 0.595. The highest BCUT2D eigenvalue weighted by molar-refractivity contribution is 7.10. The minimum atomic E-state index is -0.581. The van der Waals surface area contributed by atoms with Crippen molar-refractivity contribution in [1.82, 2.24) is 0 Å². The molecule has 0 amide bonds. The van der Waals surface area contributed by atoms with Crippen LogP contribution in [0, 0.1) is 0 Å². The number of hydrogen-bond acceptors (Lipinski definition) is 3. The Morgan fingerprint density at radius 2 is 1.71 bits per heavy atom. The lowest BCUT2D eigenvalue weighted by Gasteiger charge is -2.40. The van der Waals surface area contributed by atoms with Gasteiger partial charge in [-0.15, -0.1) is 22.9 Å². The number of hydrogen-bond donors (Lipinski definition) is 0. The fourth-order valence-electron chi connectivity index (χ4n) is 3.25. The van der Waals surface area contributed by atoms with E-state index in [2.05, 4.69) is 23.1 Å². The van der Waals surface area contributed by atoms with Crippen molar-refractivity contribution < 1.29 is 4.79 Å². The molecule has 2 nitrogen and oxygen atoms in total. The van der Waals surface area contributed by atoms with Gasteiger partial charge in [-0.05, 0) is 29.1 Å². The predicted molar refractivity (Wildman–Crippen MR) is 100 cm³/mol. The van der Waals surface area contributed by atoms with E-state index in [4.69, 9.17) is 11.6 Å². The molecular weight excluding hydrogens is 338 g/mol. The van der Waals surface area contributed by atoms with E-state index >= 15 is 0 Å². The molecule has 0 saturated carbocycles. The van der Waals surface area contributed by atoms with Crippen molar-refractivity contribution in [3.8, 4) is 0 Å². The zero-order valence-corrected chi connectivity index (χ0v) is 14.5. The molecular formula is C20H16ClNOS. The highest BCUT2D eigenvalue weighted by Gasteiger charge is 2.40. The molecule has 1 aliphatic rings. The first-order valence-electron chi connectivity index (χ1n) is 7.87. The van der Waals surface area contributed by atoms with Gasteiger partial charge in [-0.25, -0.2) is 0 Å². The Morgan fingerprint density at radius 1 is 0.958 bits per heavy atom. The number of alkyl halides is 1. The van der Waals surface area contributed by atoms with Gasteiger partial charge in [0.25, 0.3) is 0 Å². The van der Waals surface area contributed by atoms with E-state index in [1.807, 2.05) is 53.9 Å². The molecule has 0 fully saturated rings. The zero-order chi connectivity index (χ0) is 16.5. The van der Waals surface area contributed by atoms with E-state index in [1.54, 1.807) is 11.3 Å². The average molecular weight is 354 g/mol. The van der Waals surface area contributed by atoms with Crippen LogP contribution in [-0.2, 0) is 6.54 Å². The first-order chi connectivity index (χ1) is 11.8. The minimum Gasteiger partial charge on any atom is -0.357 e. The van der Waals surface area contributed by atoms with Crippen molar-refractivity contribution in [2.24, 2.45) is 0 Å². The molecule has 1 aromatic heterocycles. The molecule has 3 aromatic rings. The van der Waals surface area contributed by atoms with Crippen molar-refractivity contribution >= 4 is 34.4 Å². The number of Topliss-reactive ketones (excluding diaryl/α,β-unsaturated/α-hetero) is 1. The highest BCUT2D eigenvalue weighted by atomic mass is 35.5. The molecule has 4 heteroatoms. The summed E-state index contributed by atoms with van der Waals surface area (Å²) in [5.41, 5.74) is 2.87. The van der Waals surface area contributed by atoms with Crippen molar-refractivity contribution in [3.05, 3.63) is 88.1 Å². The Morgan fingerprint density at radius 3 is 2.46 bits per heavy atom. The van der Waals surface area contributed by atoms with Gasteiger partial charge in [0, 0.05) is 22.7 Å². The third kappa shape index (κ3) is 2.64. The Hall–Kier alpha value is -2.10. The fourth-order valence-corrected chi connectivity index (χ4v) is 4.59. The summed E-state index contributed by atoms with van der Waals surface area (Å²) >= 11 is 8.27. The van der Waals surface area contributed by atoms with Crippen LogP contribution in [0.15, 0.2) is 72.1 Å². The number of ketones is 1. The number of carbonyl (C=O) groups is 1. The van der Waals surface area contributed by atoms with Gasteiger partial charge in [0.2, 0.25) is 0 Å². The van der Waals surface area contributed by atoms with Crippen LogP contribution in [0.1, 0.15) is 26.8 Å². The largest absolute Gasteiger partial charge is 0.357 e. The van der Waals surface area contributed by atoms with Crippen LogP contribution in [0.3, 0.4) is 0 Å². The van der Waals surface area contributed by atoms with Crippen molar-refractivity contribution in [1.29, 1.82) is 0 Å². The Bertz CT molecular complexity index is 847. The molecule has 0 bridgehead atoms. The number of carbonyl (C=O) groups excluding carboxylic acids is 1. The first-order valence-corrected chi connectivity index (χ1v) is 9.18. The van der Waals surface area contributed by atoms with Gasteiger partial charge in [0.05, 0.1) is 6.04 Å². The summed E-state index contributed by atoms with van der Waals surface area (Å²) in [4.78, 5) is 16.1. The third-order valence-corrected chi connectivity index (χ3v) is 5.75. The van der Waals surface area contributed by atoms with Crippen LogP contribution < -0.4 is 4.90 Å². The Kier molecular flexibility index (Phi) is 4.13. The van der Waals surface area contributed by atoms with E-state index in [-0.39, 0.29) is 11.8 Å². The van der Waals surface area contributed by atoms with Gasteiger partial charge < -0.3 is 4.90 Å². The Balaban J connectivity index is 1.83. The topological polar surface area (TPSA) is 20.3 Å². The number of thiophene rings is 1. The van der Waals surface area contributed by atoms with E-state index in [0.717, 1.165) is 17.1 Å². The summed E-state index contributed by atoms with van der Waals surface area (Å²) in [6.07, 6.45) is 0. The molecule has 0 N–H and O–H groups in total. The van der Waals surface area contributed by atoms with Crippen LogP contribution in [-0.4, -0.2) is 11.2 Å². The molecule has 24 heavy (non-hydrogen) atoms. The molecule has 2 aromatic carbocycles. The SMILES string of the molecule is O=C1c2ccccc2N(Cc2ccccc2)[C@@H](c2cccs2)[C@@H]1Cl. The van der Waals surface area contributed by atoms with E-state index in [9.17, 15) is 4.79 Å². The predicted octanol–water partition coefficient (Wildman–Crippen LogP) is 5.30. The van der Waals surface area contributed by atoms with Crippen LogP contribution >= 0.6 is 22.9 Å². The summed E-state index contributed by atoms with van der Waals surface area (Å²) in [6, 6.07) is 22.0. The molecule has 120 valence electrons. The maximum Gasteiger partial charge on any atom is 0.185 e. The molecule has 2 heterocycles. The average Bonchev–Trinajstić information content (AvgIpc) is 3.15. The molecule has 4 rings (SSSR count). The summed E-state index contributed by atoms with van der Waals surface area (Å²) in [5.74, 6) is 0.00924. The molecule has 2 atom stereocenters. The number of halogens is 1. The second kappa shape index (κ2) is 6.42. The van der Waals surface area contributed by atoms with Gasteiger partial charge in [0.1, 0.15) is 5.38 Å². The van der Waals surface area contributed by atoms with Crippen LogP contribution in [0.25, 0.3) is 0 Å². The van der Waals surface area contributed by atoms with Gasteiger partial charge in [-0.3, -0.25) is 4.79 Å². The van der Waals surface area contributed by atoms with Crippen LogP contribution in [0.4, 0.5) is 5.69 Å². The van der Waals surface area contributed by atoms with Gasteiger partial charge in [-0.2, -0.15) is 0 Å². The maximum atomic E-state index is 12.8. The zero-order valence-electron chi connectivity index (χ0n) is 12.9. The van der Waals surface area contributed by atoms with Gasteiger partial charge in [-0.1, -0.05) is 48.5 Å². The first kappa shape index (κ1) is 15.4. The monoisotopic (exact) mass is 353 g/mol. The number of anilines is 1. The van der Waals surface area contributed by atoms with Crippen LogP contribution in [0.5, 0.6) is 0 Å². The molecule has 1 aliphatic heterocycles. The van der Waals surface area contributed by atoms with E-state index < -0.39 is 5.38 Å². The smallest absolute Gasteiger partial charge is 0.185 e. The number of benzene rings is 2. The van der Waals surface area contributed by atoms with E-state index in [0.29, 0.717) is 5.56 Å². The number of rotatable bonds is 3. The van der Waals surface area contributed by atoms with Crippen molar-refractivity contribution in [2.45, 2.75) is 18.0 Å². The normalized spacial score (nSPS) is 20.0. The molecule has 0 saturated heterocycles. The summed E-state index contributed by atoms with van der Waals surface area (Å²) in [5, 5.41) is 1.45. The van der Waals surface area contributed by atoms with E-state index in [1.165, 1.54) is 5.56 Å². The minimum absolute atomic E-state index is 0.00924. The number of fused-ring (bicyclic) bond motifs is 1. The standard InChI is InChI=1S/C20H16ClNOS/c21-18-19(17-11-6-12-24-17)22(13-14-7-2-1-3-8-14)16-10-5-4-9-15(16)20(18)23/h1-12,18-19H,13H2/t18-,19-/m0/s1. The van der Waals surface area contributed by atoms with Crippen LogP contribution in [0.2, 0.25) is 0 Å². The second-order valence-corrected chi connectivity index (χ2v) is 7.31. The highest BCUT2D eigenvalue weighted by Crippen LogP contribution is 2.43. The Labute approximate surface area is 150 Å². The molecule has 0 aliphatic carbocycles. The second-order valence-electron chi connectivity index (χ2n) is 5.86. The van der Waals surface area contributed by atoms with Gasteiger partial charge in [0.15, 0.2) is 5.78 Å².